The first-order valence-electron chi connectivity index (χ1n) is 6.99. The molecule has 1 aliphatic carbocycles. The van der Waals surface area contributed by atoms with Crippen LogP contribution in [-0.2, 0) is 6.42 Å². The van der Waals surface area contributed by atoms with E-state index in [0.717, 1.165) is 6.42 Å². The van der Waals surface area contributed by atoms with Crippen molar-refractivity contribution in [1.29, 1.82) is 0 Å². The first-order valence-corrected chi connectivity index (χ1v) is 6.99. The van der Waals surface area contributed by atoms with Gasteiger partial charge in [0.2, 0.25) is 0 Å². The van der Waals surface area contributed by atoms with Crippen molar-refractivity contribution in [3.8, 4) is 5.69 Å². The lowest BCUT2D eigenvalue weighted by Gasteiger charge is -2.19. The van der Waals surface area contributed by atoms with Crippen LogP contribution in [0.3, 0.4) is 0 Å². The molecule has 99 valence electrons. The highest BCUT2D eigenvalue weighted by atomic mass is 15.0. The Morgan fingerprint density at radius 1 is 1.21 bits per heavy atom. The molecule has 1 heterocycles. The summed E-state index contributed by atoms with van der Waals surface area (Å²) < 4.78 is 2.11. The molecule has 0 bridgehead atoms. The van der Waals surface area contributed by atoms with E-state index >= 15 is 0 Å². The van der Waals surface area contributed by atoms with E-state index < -0.39 is 0 Å². The molecule has 2 heteroatoms. The minimum Gasteiger partial charge on any atom is -0.306 e. The normalized spacial score (nSPS) is 15.7. The predicted octanol–water partition coefficient (Wildman–Crippen LogP) is 4.18. The summed E-state index contributed by atoms with van der Waals surface area (Å²) in [5.74, 6) is 1.58. The van der Waals surface area contributed by atoms with Crippen molar-refractivity contribution in [3.63, 3.8) is 0 Å². The van der Waals surface area contributed by atoms with E-state index in [0.29, 0.717) is 5.41 Å². The van der Waals surface area contributed by atoms with Crippen molar-refractivity contribution >= 4 is 0 Å². The van der Waals surface area contributed by atoms with Crippen LogP contribution in [0.15, 0.2) is 36.9 Å². The standard InChI is InChI=1S/C17H21N2/c1-17(2,3)11-13-4-7-16(19-9-8-18-12-19)15(10-13)14-5-6-14/h4,7-10,12H,5-6,11H2,1-3H3. The maximum Gasteiger partial charge on any atom is 0.0991 e. The van der Waals surface area contributed by atoms with Gasteiger partial charge in [-0.15, -0.1) is 0 Å². The number of hydrogen-bond donors (Lipinski definition) is 0. The summed E-state index contributed by atoms with van der Waals surface area (Å²) in [6, 6.07) is 6.87. The van der Waals surface area contributed by atoms with Gasteiger partial charge in [-0.25, -0.2) is 4.98 Å². The third-order valence-electron chi connectivity index (χ3n) is 3.46. The average Bonchev–Trinajstić information content (AvgIpc) is 3.03. The highest BCUT2D eigenvalue weighted by molar-refractivity contribution is 5.54. The van der Waals surface area contributed by atoms with Crippen LogP contribution in [0, 0.1) is 11.3 Å². The Hall–Kier alpha value is -1.57. The molecule has 1 aromatic carbocycles. The molecule has 0 unspecified atom stereocenters. The molecule has 2 nitrogen and oxygen atoms in total. The summed E-state index contributed by atoms with van der Waals surface area (Å²) >= 11 is 0. The smallest absolute Gasteiger partial charge is 0.0991 e. The molecule has 0 N–H and O–H groups in total. The van der Waals surface area contributed by atoms with Crippen molar-refractivity contribution in [2.45, 2.75) is 40.0 Å². The highest BCUT2D eigenvalue weighted by Crippen LogP contribution is 2.42. The summed E-state index contributed by atoms with van der Waals surface area (Å²) in [6.07, 6.45) is 9.36. The second-order valence-electron chi connectivity index (χ2n) is 6.66. The van der Waals surface area contributed by atoms with E-state index in [1.165, 1.54) is 29.7 Å². The third kappa shape index (κ3) is 2.89. The molecular weight excluding hydrogens is 232 g/mol. The van der Waals surface area contributed by atoms with Crippen LogP contribution in [0.5, 0.6) is 0 Å². The largest absolute Gasteiger partial charge is 0.306 e. The molecule has 19 heavy (non-hydrogen) atoms. The number of imidazole rings is 1. The Morgan fingerprint density at radius 2 is 2.00 bits per heavy atom. The lowest BCUT2D eigenvalue weighted by molar-refractivity contribution is 0.411. The lowest BCUT2D eigenvalue weighted by atomic mass is 9.87. The summed E-state index contributed by atoms with van der Waals surface area (Å²) in [5, 5.41) is 0. The molecule has 0 aliphatic heterocycles. The Kier molecular flexibility index (Phi) is 2.96. The maximum absolute atomic E-state index is 4.15. The van der Waals surface area contributed by atoms with Gasteiger partial charge >= 0.3 is 0 Å². The SMILES string of the molecule is CC(C)(C)Cc1ccc(-n2ccnc2)c([C]2CC2)c1. The van der Waals surface area contributed by atoms with Crippen LogP contribution in [0.4, 0.5) is 0 Å². The van der Waals surface area contributed by atoms with Gasteiger partial charge in [0, 0.05) is 18.3 Å². The van der Waals surface area contributed by atoms with E-state index in [1.54, 1.807) is 5.92 Å². The second-order valence-corrected chi connectivity index (χ2v) is 6.66. The number of benzene rings is 1. The average molecular weight is 253 g/mol. The van der Waals surface area contributed by atoms with Gasteiger partial charge in [-0.2, -0.15) is 0 Å². The zero-order valence-electron chi connectivity index (χ0n) is 12.0. The van der Waals surface area contributed by atoms with Crippen molar-refractivity contribution in [3.05, 3.63) is 54.0 Å². The van der Waals surface area contributed by atoms with E-state index in [-0.39, 0.29) is 0 Å². The Labute approximate surface area is 115 Å². The molecular formula is C17H21N2. The fourth-order valence-corrected chi connectivity index (χ4v) is 2.55. The molecule has 1 radical (unpaired) electrons. The Morgan fingerprint density at radius 3 is 2.58 bits per heavy atom. The molecule has 1 fully saturated rings. The van der Waals surface area contributed by atoms with Gasteiger partial charge < -0.3 is 4.57 Å². The first kappa shape index (κ1) is 12.5. The maximum atomic E-state index is 4.15. The predicted molar refractivity (Wildman–Crippen MR) is 78.3 cm³/mol. The molecule has 1 aromatic heterocycles. The van der Waals surface area contributed by atoms with Crippen LogP contribution >= 0.6 is 0 Å². The van der Waals surface area contributed by atoms with Gasteiger partial charge in [-0.05, 0) is 41.9 Å². The van der Waals surface area contributed by atoms with E-state index in [1.807, 2.05) is 18.7 Å². The minimum absolute atomic E-state index is 0.335. The molecule has 0 saturated heterocycles. The van der Waals surface area contributed by atoms with Crippen molar-refractivity contribution in [1.82, 2.24) is 9.55 Å². The molecule has 3 rings (SSSR count). The van der Waals surface area contributed by atoms with Gasteiger partial charge in [-0.3, -0.25) is 0 Å². The topological polar surface area (TPSA) is 17.8 Å². The third-order valence-corrected chi connectivity index (χ3v) is 3.46. The van der Waals surface area contributed by atoms with Crippen molar-refractivity contribution in [2.75, 3.05) is 0 Å². The number of aromatic nitrogens is 2. The van der Waals surface area contributed by atoms with E-state index in [2.05, 4.69) is 48.5 Å². The van der Waals surface area contributed by atoms with Crippen LogP contribution in [0.1, 0.15) is 44.7 Å². The van der Waals surface area contributed by atoms with Gasteiger partial charge in [0.05, 0.1) is 12.0 Å². The van der Waals surface area contributed by atoms with Crippen molar-refractivity contribution in [2.24, 2.45) is 5.41 Å². The molecule has 0 spiro atoms. The minimum atomic E-state index is 0.335. The quantitative estimate of drug-likeness (QED) is 0.802. The fourth-order valence-electron chi connectivity index (χ4n) is 2.55. The van der Waals surface area contributed by atoms with Gasteiger partial charge in [-0.1, -0.05) is 32.9 Å². The molecule has 0 atom stereocenters. The number of hydrogen-bond acceptors (Lipinski definition) is 1. The van der Waals surface area contributed by atoms with Crippen LogP contribution in [0.25, 0.3) is 5.69 Å². The van der Waals surface area contributed by atoms with E-state index in [9.17, 15) is 0 Å². The fraction of sp³-hybridized carbons (Fsp3) is 0.412. The lowest BCUT2D eigenvalue weighted by Crippen LogP contribution is -2.10. The Balaban J connectivity index is 1.98. The zero-order chi connectivity index (χ0) is 13.5. The summed E-state index contributed by atoms with van der Waals surface area (Å²) in [6.45, 7) is 6.88. The number of rotatable bonds is 3. The van der Waals surface area contributed by atoms with Gasteiger partial charge in [0.25, 0.3) is 0 Å². The highest BCUT2D eigenvalue weighted by Gasteiger charge is 2.28. The van der Waals surface area contributed by atoms with Crippen LogP contribution in [0.2, 0.25) is 0 Å². The summed E-state index contributed by atoms with van der Waals surface area (Å²) in [7, 11) is 0. The van der Waals surface area contributed by atoms with Gasteiger partial charge in [0.1, 0.15) is 0 Å². The van der Waals surface area contributed by atoms with Gasteiger partial charge in [0.15, 0.2) is 0 Å². The summed E-state index contributed by atoms with van der Waals surface area (Å²) in [4.78, 5) is 4.15. The van der Waals surface area contributed by atoms with Crippen LogP contribution in [-0.4, -0.2) is 9.55 Å². The van der Waals surface area contributed by atoms with E-state index in [4.69, 9.17) is 0 Å². The molecule has 2 aromatic rings. The second kappa shape index (κ2) is 4.52. The molecule has 0 amide bonds. The zero-order valence-corrected chi connectivity index (χ0v) is 12.0. The molecule has 1 aliphatic rings. The molecule has 1 saturated carbocycles. The number of nitrogens with zero attached hydrogens (tertiary/aromatic N) is 2. The Bertz CT molecular complexity index is 557. The van der Waals surface area contributed by atoms with Crippen LogP contribution < -0.4 is 0 Å². The summed E-state index contributed by atoms with van der Waals surface area (Å²) in [5.41, 5.74) is 4.45. The first-order chi connectivity index (χ1) is 9.03. The van der Waals surface area contributed by atoms with Crippen molar-refractivity contribution < 1.29 is 0 Å². The monoisotopic (exact) mass is 253 g/mol.